The summed E-state index contributed by atoms with van der Waals surface area (Å²) < 4.78 is 16.5. The molecule has 2 N–H and O–H groups in total. The lowest BCUT2D eigenvalue weighted by atomic mass is 9.98. The summed E-state index contributed by atoms with van der Waals surface area (Å²) in [5.41, 5.74) is 5.58. The number of benzene rings is 2. The zero-order valence-corrected chi connectivity index (χ0v) is 25.6. The predicted octanol–water partition coefficient (Wildman–Crippen LogP) is 5.83. The maximum absolute atomic E-state index is 7.02. The summed E-state index contributed by atoms with van der Waals surface area (Å²) in [5, 5.41) is 7.62. The van der Waals surface area contributed by atoms with E-state index in [-0.39, 0.29) is 6.04 Å². The summed E-state index contributed by atoms with van der Waals surface area (Å²) in [4.78, 5) is 18.6. The third kappa shape index (κ3) is 6.50. The standard InChI is InChI=1S/C31H34Cl2N6O3/c1-34-13-25-30(41-3)38-23(14-35-25)21-9-5-7-19(28(21)32)20-8-6-10-22(29(20)33)24-15-36-26(31(39-24)42-4)16-37-27(17-40-2)18-11-12-18/h5-10,14-15,18,27,34,37H,11-13,16-17H2,1-4H3. The monoisotopic (exact) mass is 608 g/mol. The first-order valence-electron chi connectivity index (χ1n) is 13.7. The van der Waals surface area contributed by atoms with Crippen molar-refractivity contribution in [2.45, 2.75) is 32.0 Å². The number of nitrogens with one attached hydrogen (secondary N) is 2. The molecule has 0 amide bonds. The van der Waals surface area contributed by atoms with Gasteiger partial charge in [0.25, 0.3) is 0 Å². The quantitative estimate of drug-likeness (QED) is 0.194. The molecule has 0 spiro atoms. The van der Waals surface area contributed by atoms with Crippen LogP contribution in [0.25, 0.3) is 33.6 Å². The molecule has 2 heterocycles. The molecule has 0 saturated heterocycles. The fraction of sp³-hybridized carbons (Fsp3) is 0.355. The lowest BCUT2D eigenvalue weighted by molar-refractivity contribution is 0.156. The molecule has 2 aromatic heterocycles. The molecule has 1 aliphatic carbocycles. The van der Waals surface area contributed by atoms with Crippen LogP contribution in [0.3, 0.4) is 0 Å². The van der Waals surface area contributed by atoms with E-state index in [9.17, 15) is 0 Å². The Labute approximate surface area is 256 Å². The van der Waals surface area contributed by atoms with Gasteiger partial charge in [-0.15, -0.1) is 0 Å². The van der Waals surface area contributed by atoms with Crippen molar-refractivity contribution < 1.29 is 14.2 Å². The Morgan fingerprint density at radius 1 is 0.786 bits per heavy atom. The topological polar surface area (TPSA) is 103 Å². The summed E-state index contributed by atoms with van der Waals surface area (Å²) >= 11 is 14.0. The minimum Gasteiger partial charge on any atom is -0.480 e. The van der Waals surface area contributed by atoms with E-state index in [2.05, 4.69) is 25.6 Å². The smallest absolute Gasteiger partial charge is 0.237 e. The number of methoxy groups -OCH3 is 3. The fourth-order valence-electron chi connectivity index (χ4n) is 4.93. The summed E-state index contributed by atoms with van der Waals surface area (Å²) in [5.74, 6) is 1.53. The van der Waals surface area contributed by atoms with Crippen LogP contribution in [0.2, 0.25) is 10.0 Å². The van der Waals surface area contributed by atoms with Crippen LogP contribution in [0, 0.1) is 5.92 Å². The highest BCUT2D eigenvalue weighted by Crippen LogP contribution is 2.42. The number of hydrogen-bond donors (Lipinski definition) is 2. The molecule has 42 heavy (non-hydrogen) atoms. The molecule has 5 rings (SSSR count). The van der Waals surface area contributed by atoms with Crippen LogP contribution < -0.4 is 20.1 Å². The van der Waals surface area contributed by atoms with Gasteiger partial charge in [0.15, 0.2) is 0 Å². The van der Waals surface area contributed by atoms with E-state index >= 15 is 0 Å². The van der Waals surface area contributed by atoms with Gasteiger partial charge in [-0.1, -0.05) is 59.6 Å². The first kappa shape index (κ1) is 30.1. The molecule has 1 aliphatic rings. The van der Waals surface area contributed by atoms with E-state index < -0.39 is 0 Å². The Morgan fingerprint density at radius 2 is 1.29 bits per heavy atom. The van der Waals surface area contributed by atoms with Crippen LogP contribution in [0.5, 0.6) is 11.8 Å². The van der Waals surface area contributed by atoms with E-state index in [1.165, 1.54) is 12.8 Å². The van der Waals surface area contributed by atoms with Crippen LogP contribution in [-0.2, 0) is 17.8 Å². The zero-order valence-electron chi connectivity index (χ0n) is 24.1. The number of rotatable bonds is 13. The van der Waals surface area contributed by atoms with Crippen molar-refractivity contribution in [1.29, 1.82) is 0 Å². The molecule has 2 aromatic carbocycles. The Morgan fingerprint density at radius 3 is 1.74 bits per heavy atom. The highest BCUT2D eigenvalue weighted by atomic mass is 35.5. The van der Waals surface area contributed by atoms with Crippen molar-refractivity contribution >= 4 is 23.2 Å². The van der Waals surface area contributed by atoms with Gasteiger partial charge >= 0.3 is 0 Å². The summed E-state index contributed by atoms with van der Waals surface area (Å²) in [6.07, 6.45) is 5.85. The lowest BCUT2D eigenvalue weighted by Gasteiger charge is -2.18. The lowest BCUT2D eigenvalue weighted by Crippen LogP contribution is -2.35. The number of nitrogens with zero attached hydrogens (tertiary/aromatic N) is 4. The van der Waals surface area contributed by atoms with E-state index in [0.717, 1.165) is 16.8 Å². The fourth-order valence-corrected chi connectivity index (χ4v) is 5.58. The molecule has 1 saturated carbocycles. The van der Waals surface area contributed by atoms with Gasteiger partial charge in [-0.25, -0.2) is 9.97 Å². The summed E-state index contributed by atoms with van der Waals surface area (Å²) in [7, 11) is 6.73. The van der Waals surface area contributed by atoms with Crippen LogP contribution >= 0.6 is 23.2 Å². The molecule has 4 aromatic rings. The molecule has 0 radical (unpaired) electrons. The minimum absolute atomic E-state index is 0.283. The Kier molecular flexibility index (Phi) is 9.87. The van der Waals surface area contributed by atoms with Crippen molar-refractivity contribution in [3.63, 3.8) is 0 Å². The second kappa shape index (κ2) is 13.8. The van der Waals surface area contributed by atoms with Crippen molar-refractivity contribution in [3.8, 4) is 45.4 Å². The van der Waals surface area contributed by atoms with E-state index in [1.54, 1.807) is 33.7 Å². The van der Waals surface area contributed by atoms with Crippen LogP contribution in [0.4, 0.5) is 0 Å². The molecule has 0 aliphatic heterocycles. The van der Waals surface area contributed by atoms with Crippen molar-refractivity contribution in [1.82, 2.24) is 30.6 Å². The number of aromatic nitrogens is 4. The number of ether oxygens (including phenoxy) is 3. The van der Waals surface area contributed by atoms with Gasteiger partial charge in [-0.05, 0) is 25.8 Å². The molecule has 1 atom stereocenters. The number of hydrogen-bond acceptors (Lipinski definition) is 9. The molecular formula is C31H34Cl2N6O3. The first-order valence-corrected chi connectivity index (χ1v) is 14.5. The zero-order chi connectivity index (χ0) is 29.6. The third-order valence-electron chi connectivity index (χ3n) is 7.26. The Balaban J connectivity index is 1.45. The summed E-state index contributed by atoms with van der Waals surface area (Å²) in [6.45, 7) is 1.72. The molecule has 9 nitrogen and oxygen atoms in total. The molecular weight excluding hydrogens is 575 g/mol. The van der Waals surface area contributed by atoms with E-state index in [1.807, 2.05) is 43.4 Å². The average molecular weight is 610 g/mol. The van der Waals surface area contributed by atoms with E-state index in [4.69, 9.17) is 42.4 Å². The van der Waals surface area contributed by atoms with Gasteiger partial charge in [-0.3, -0.25) is 9.97 Å². The largest absolute Gasteiger partial charge is 0.480 e. The van der Waals surface area contributed by atoms with Crippen molar-refractivity contribution in [3.05, 3.63) is 70.2 Å². The molecule has 1 unspecified atom stereocenters. The van der Waals surface area contributed by atoms with Gasteiger partial charge in [0, 0.05) is 48.5 Å². The second-order valence-corrected chi connectivity index (χ2v) is 10.8. The molecule has 11 heteroatoms. The third-order valence-corrected chi connectivity index (χ3v) is 8.08. The first-order chi connectivity index (χ1) is 20.5. The van der Waals surface area contributed by atoms with Crippen LogP contribution in [0.1, 0.15) is 24.2 Å². The maximum atomic E-state index is 7.02. The van der Waals surface area contributed by atoms with Gasteiger partial charge in [0.1, 0.15) is 11.4 Å². The van der Waals surface area contributed by atoms with Gasteiger partial charge < -0.3 is 24.8 Å². The van der Waals surface area contributed by atoms with Crippen molar-refractivity contribution in [2.75, 3.05) is 35.0 Å². The Bertz CT molecular complexity index is 1550. The SMILES string of the molecule is CNCc1ncc(-c2cccc(-c3cccc(-c4cnc(CNC(COC)C5CC5)c(OC)n4)c3Cl)c2Cl)nc1OC. The number of halogens is 2. The van der Waals surface area contributed by atoms with E-state index in [0.29, 0.717) is 75.6 Å². The van der Waals surface area contributed by atoms with Gasteiger partial charge in [-0.2, -0.15) is 0 Å². The summed E-state index contributed by atoms with van der Waals surface area (Å²) in [6, 6.07) is 11.8. The van der Waals surface area contributed by atoms with Crippen LogP contribution in [-0.4, -0.2) is 61.0 Å². The normalized spacial score (nSPS) is 13.7. The van der Waals surface area contributed by atoms with Crippen LogP contribution in [0.15, 0.2) is 48.8 Å². The molecule has 0 bridgehead atoms. The Hall–Kier alpha value is -3.34. The van der Waals surface area contributed by atoms with Gasteiger partial charge in [0.2, 0.25) is 11.8 Å². The molecule has 1 fully saturated rings. The predicted molar refractivity (Wildman–Crippen MR) is 165 cm³/mol. The minimum atomic E-state index is 0.283. The molecule has 220 valence electrons. The maximum Gasteiger partial charge on any atom is 0.237 e. The van der Waals surface area contributed by atoms with Gasteiger partial charge in [0.05, 0.1) is 54.7 Å². The highest BCUT2D eigenvalue weighted by molar-refractivity contribution is 6.39. The highest BCUT2D eigenvalue weighted by Gasteiger charge is 2.31. The second-order valence-electron chi connectivity index (χ2n) is 10.1. The van der Waals surface area contributed by atoms with Crippen molar-refractivity contribution in [2.24, 2.45) is 5.92 Å². The average Bonchev–Trinajstić information content (AvgIpc) is 3.86.